The maximum atomic E-state index is 13.1. The Bertz CT molecular complexity index is 902. The lowest BCUT2D eigenvalue weighted by Crippen LogP contribution is -2.49. The summed E-state index contributed by atoms with van der Waals surface area (Å²) in [6.45, 7) is 27.4. The van der Waals surface area contributed by atoms with Gasteiger partial charge in [-0.2, -0.15) is 0 Å². The molecule has 1 aromatic carbocycles. The van der Waals surface area contributed by atoms with Crippen molar-refractivity contribution < 1.29 is 22.0 Å². The van der Waals surface area contributed by atoms with Gasteiger partial charge < -0.3 is 13.6 Å². The van der Waals surface area contributed by atoms with E-state index in [4.69, 9.17) is 13.6 Å². The molecular weight excluding hydrogens is 505 g/mol. The van der Waals surface area contributed by atoms with E-state index in [1.54, 1.807) is 31.4 Å². The number of sulfone groups is 1. The highest BCUT2D eigenvalue weighted by atomic mass is 32.2. The molecule has 0 amide bonds. The van der Waals surface area contributed by atoms with Crippen molar-refractivity contribution >= 4 is 26.5 Å². The van der Waals surface area contributed by atoms with Gasteiger partial charge in [-0.05, 0) is 60.7 Å². The van der Waals surface area contributed by atoms with Crippen LogP contribution in [0.15, 0.2) is 35.2 Å². The van der Waals surface area contributed by atoms with Gasteiger partial charge in [0, 0.05) is 19.6 Å². The predicted octanol–water partition coefficient (Wildman–Crippen LogP) is 7.55. The van der Waals surface area contributed by atoms with E-state index in [0.717, 1.165) is 0 Å². The number of methoxy groups -OCH3 is 1. The van der Waals surface area contributed by atoms with Crippen LogP contribution in [-0.4, -0.2) is 56.7 Å². The molecule has 0 aliphatic carbocycles. The van der Waals surface area contributed by atoms with E-state index in [1.807, 2.05) is 13.0 Å². The summed E-state index contributed by atoms with van der Waals surface area (Å²) in [5, 5.41) is 0.202. The molecule has 0 radical (unpaired) electrons. The average molecular weight is 559 g/mol. The molecule has 4 atom stereocenters. The molecule has 0 aliphatic rings. The van der Waals surface area contributed by atoms with Gasteiger partial charge in [0.1, 0.15) is 0 Å². The van der Waals surface area contributed by atoms with Gasteiger partial charge in [0.05, 0.1) is 22.9 Å². The highest BCUT2D eigenvalue weighted by molar-refractivity contribution is 7.91. The smallest absolute Gasteiger partial charge is 0.192 e. The summed E-state index contributed by atoms with van der Waals surface area (Å²) in [5.41, 5.74) is 0. The van der Waals surface area contributed by atoms with Crippen LogP contribution in [0.1, 0.15) is 61.8 Å². The van der Waals surface area contributed by atoms with Crippen LogP contribution in [0, 0.1) is 11.8 Å². The third-order valence-corrected chi connectivity index (χ3v) is 19.3. The standard InChI is InChI=1S/C28H54O5SSi2/c1-22(20-32-35(10,11)27(3,4)5)26(33-36(12,13)28(6,7)8)19-25(31-9)23(2)21-34(29,30)24-17-15-14-16-18-24/h14-18,22-23,25-26H,19-21H2,1-13H3/t22-,23-,25+,26+/m1/s1. The number of benzene rings is 1. The summed E-state index contributed by atoms with van der Waals surface area (Å²) < 4.78 is 45.6. The fourth-order valence-corrected chi connectivity index (χ4v) is 7.81. The second-order valence-electron chi connectivity index (χ2n) is 13.5. The van der Waals surface area contributed by atoms with Crippen LogP contribution in [0.5, 0.6) is 0 Å². The molecule has 0 spiro atoms. The largest absolute Gasteiger partial charge is 0.416 e. The molecule has 210 valence electrons. The topological polar surface area (TPSA) is 61.8 Å². The highest BCUT2D eigenvalue weighted by Crippen LogP contribution is 2.40. The number of hydrogen-bond donors (Lipinski definition) is 0. The van der Waals surface area contributed by atoms with Crippen LogP contribution in [0.4, 0.5) is 0 Å². The summed E-state index contributed by atoms with van der Waals surface area (Å²) in [4.78, 5) is 0.358. The molecule has 8 heteroatoms. The van der Waals surface area contributed by atoms with Gasteiger partial charge in [0.15, 0.2) is 26.5 Å². The SMILES string of the molecule is CO[C@@H](C[C@H](O[Si](C)(C)C(C)(C)C)[C@H](C)CO[Si](C)(C)C(C)(C)C)[C@H](C)CS(=O)(=O)c1ccccc1. The van der Waals surface area contributed by atoms with Crippen LogP contribution in [-0.2, 0) is 23.4 Å². The lowest BCUT2D eigenvalue weighted by molar-refractivity contribution is -0.00142. The average Bonchev–Trinajstić information content (AvgIpc) is 2.73. The first kappa shape index (κ1) is 33.5. The number of rotatable bonds is 13. The van der Waals surface area contributed by atoms with Crippen molar-refractivity contribution in [1.82, 2.24) is 0 Å². The first-order valence-electron chi connectivity index (χ1n) is 13.3. The van der Waals surface area contributed by atoms with Crippen LogP contribution in [0.25, 0.3) is 0 Å². The zero-order valence-corrected chi connectivity index (χ0v) is 28.1. The third kappa shape index (κ3) is 9.35. The van der Waals surface area contributed by atoms with Crippen molar-refractivity contribution in [1.29, 1.82) is 0 Å². The fourth-order valence-electron chi connectivity index (χ4n) is 3.58. The zero-order chi connectivity index (χ0) is 28.2. The first-order chi connectivity index (χ1) is 16.1. The van der Waals surface area contributed by atoms with Crippen molar-refractivity contribution in [2.24, 2.45) is 11.8 Å². The van der Waals surface area contributed by atoms with E-state index >= 15 is 0 Å². The highest BCUT2D eigenvalue weighted by Gasteiger charge is 2.42. The fraction of sp³-hybridized carbons (Fsp3) is 0.786. The van der Waals surface area contributed by atoms with Crippen molar-refractivity contribution in [2.75, 3.05) is 19.5 Å². The van der Waals surface area contributed by atoms with E-state index in [0.29, 0.717) is 17.9 Å². The summed E-state index contributed by atoms with van der Waals surface area (Å²) >= 11 is 0. The molecule has 0 saturated heterocycles. The van der Waals surface area contributed by atoms with Gasteiger partial charge in [0.25, 0.3) is 0 Å². The van der Waals surface area contributed by atoms with E-state index in [1.165, 1.54) is 0 Å². The van der Waals surface area contributed by atoms with E-state index in [9.17, 15) is 8.42 Å². The van der Waals surface area contributed by atoms with Gasteiger partial charge in [0.2, 0.25) is 0 Å². The molecule has 0 N–H and O–H groups in total. The summed E-state index contributed by atoms with van der Waals surface area (Å²) in [6, 6.07) is 8.68. The Morgan fingerprint density at radius 3 is 1.75 bits per heavy atom. The lowest BCUT2D eigenvalue weighted by Gasteiger charge is -2.43. The third-order valence-electron chi connectivity index (χ3n) is 8.39. The van der Waals surface area contributed by atoms with Crippen LogP contribution < -0.4 is 0 Å². The Kier molecular flexibility index (Phi) is 11.7. The summed E-state index contributed by atoms with van der Waals surface area (Å²) in [7, 11) is -5.71. The second-order valence-corrected chi connectivity index (χ2v) is 25.1. The predicted molar refractivity (Wildman–Crippen MR) is 157 cm³/mol. The first-order valence-corrected chi connectivity index (χ1v) is 20.7. The van der Waals surface area contributed by atoms with Crippen LogP contribution in [0.2, 0.25) is 36.3 Å². The van der Waals surface area contributed by atoms with E-state index in [2.05, 4.69) is 74.7 Å². The molecule has 1 aromatic rings. The van der Waals surface area contributed by atoms with E-state index < -0.39 is 26.5 Å². The molecule has 36 heavy (non-hydrogen) atoms. The summed E-state index contributed by atoms with van der Waals surface area (Å²) in [5.74, 6) is 0.0139. The minimum absolute atomic E-state index is 0.0389. The summed E-state index contributed by atoms with van der Waals surface area (Å²) in [6.07, 6.45) is 0.312. The molecule has 5 nitrogen and oxygen atoms in total. The Labute approximate surface area is 224 Å². The molecule has 0 bridgehead atoms. The quantitative estimate of drug-likeness (QED) is 0.234. The van der Waals surface area contributed by atoms with Crippen molar-refractivity contribution in [2.45, 2.75) is 115 Å². The van der Waals surface area contributed by atoms with Gasteiger partial charge >= 0.3 is 0 Å². The Hall–Kier alpha value is -0.516. The van der Waals surface area contributed by atoms with E-state index in [-0.39, 0.29) is 39.9 Å². The lowest BCUT2D eigenvalue weighted by atomic mass is 9.94. The minimum atomic E-state index is -3.41. The Morgan fingerprint density at radius 1 is 0.806 bits per heavy atom. The van der Waals surface area contributed by atoms with Gasteiger partial charge in [-0.3, -0.25) is 0 Å². The molecule has 0 saturated carbocycles. The maximum Gasteiger partial charge on any atom is 0.192 e. The van der Waals surface area contributed by atoms with Crippen LogP contribution in [0.3, 0.4) is 0 Å². The van der Waals surface area contributed by atoms with Crippen molar-refractivity contribution in [3.05, 3.63) is 30.3 Å². The molecule has 0 fully saturated rings. The van der Waals surface area contributed by atoms with Crippen LogP contribution >= 0.6 is 0 Å². The zero-order valence-electron chi connectivity index (χ0n) is 25.3. The molecule has 0 unspecified atom stereocenters. The van der Waals surface area contributed by atoms with Gasteiger partial charge in [-0.25, -0.2) is 8.42 Å². The molecule has 0 heterocycles. The number of ether oxygens (including phenoxy) is 1. The van der Waals surface area contributed by atoms with Gasteiger partial charge in [-0.1, -0.05) is 73.6 Å². The Morgan fingerprint density at radius 2 is 1.31 bits per heavy atom. The monoisotopic (exact) mass is 558 g/mol. The Balaban J connectivity index is 3.14. The molecular formula is C28H54O5SSi2. The molecule has 0 aromatic heterocycles. The molecule has 0 aliphatic heterocycles. The molecule has 1 rings (SSSR count). The van der Waals surface area contributed by atoms with Crippen molar-refractivity contribution in [3.8, 4) is 0 Å². The van der Waals surface area contributed by atoms with Crippen molar-refractivity contribution in [3.63, 3.8) is 0 Å². The minimum Gasteiger partial charge on any atom is -0.416 e. The van der Waals surface area contributed by atoms with Gasteiger partial charge in [-0.15, -0.1) is 0 Å². The normalized spacial score (nSPS) is 17.5. The second kappa shape index (κ2) is 12.6. The number of hydrogen-bond acceptors (Lipinski definition) is 5. The maximum absolute atomic E-state index is 13.1.